The second-order valence-corrected chi connectivity index (χ2v) is 6.12. The molecule has 0 atom stereocenters. The van der Waals surface area contributed by atoms with Gasteiger partial charge in [0.1, 0.15) is 5.69 Å². The summed E-state index contributed by atoms with van der Waals surface area (Å²) in [6.07, 6.45) is 1.95. The number of rotatable bonds is 3. The average molecular weight is 396 g/mol. The molecule has 2 aromatic carbocycles. The molecule has 0 amide bonds. The maximum absolute atomic E-state index is 5.88. The summed E-state index contributed by atoms with van der Waals surface area (Å²) in [5, 5.41) is 9.08. The van der Waals surface area contributed by atoms with Gasteiger partial charge in [-0.15, -0.1) is 5.10 Å². The van der Waals surface area contributed by atoms with Crippen molar-refractivity contribution in [1.29, 1.82) is 0 Å². The predicted molar refractivity (Wildman–Crippen MR) is 88.7 cm³/mol. The van der Waals surface area contributed by atoms with Crippen LogP contribution in [-0.2, 0) is 6.54 Å². The first-order valence-corrected chi connectivity index (χ1v) is 7.57. The largest absolute Gasteiger partial charge is 0.247 e. The Morgan fingerprint density at radius 2 is 1.70 bits per heavy atom. The summed E-state index contributed by atoms with van der Waals surface area (Å²) in [4.78, 5) is 0. The Morgan fingerprint density at radius 1 is 1.00 bits per heavy atom. The number of nitrogens with zero attached hydrogens (tertiary/aromatic N) is 3. The monoisotopic (exact) mass is 395 g/mol. The first-order valence-electron chi connectivity index (χ1n) is 6.11. The lowest BCUT2D eigenvalue weighted by Gasteiger charge is -2.00. The van der Waals surface area contributed by atoms with Gasteiger partial charge in [0.2, 0.25) is 0 Å². The van der Waals surface area contributed by atoms with E-state index < -0.39 is 0 Å². The van der Waals surface area contributed by atoms with Gasteiger partial charge >= 0.3 is 0 Å². The van der Waals surface area contributed by atoms with Crippen molar-refractivity contribution < 1.29 is 0 Å². The van der Waals surface area contributed by atoms with Gasteiger partial charge in [0.05, 0.1) is 12.7 Å². The fourth-order valence-electron chi connectivity index (χ4n) is 1.91. The molecule has 0 aliphatic heterocycles. The van der Waals surface area contributed by atoms with Crippen LogP contribution in [0.15, 0.2) is 54.7 Å². The molecule has 0 N–H and O–H groups in total. The molecule has 0 aliphatic carbocycles. The fraction of sp³-hybridized carbons (Fsp3) is 0.0667. The van der Waals surface area contributed by atoms with Gasteiger partial charge < -0.3 is 0 Å². The van der Waals surface area contributed by atoms with Crippen LogP contribution in [0.4, 0.5) is 0 Å². The molecule has 1 aromatic heterocycles. The van der Waals surface area contributed by atoms with Gasteiger partial charge in [-0.05, 0) is 52.4 Å². The quantitative estimate of drug-likeness (QED) is 0.621. The van der Waals surface area contributed by atoms with Crippen LogP contribution in [0.3, 0.4) is 0 Å². The Balaban J connectivity index is 1.80. The summed E-state index contributed by atoms with van der Waals surface area (Å²) >= 11 is 8.18. The van der Waals surface area contributed by atoms with E-state index in [0.717, 1.165) is 22.8 Å². The van der Waals surface area contributed by atoms with E-state index in [1.165, 1.54) is 9.13 Å². The molecule has 0 fully saturated rings. The lowest BCUT2D eigenvalue weighted by molar-refractivity contribution is 0.649. The first kappa shape index (κ1) is 13.6. The van der Waals surface area contributed by atoms with Crippen LogP contribution in [0.5, 0.6) is 0 Å². The van der Waals surface area contributed by atoms with Gasteiger partial charge in [0.15, 0.2) is 0 Å². The summed E-state index contributed by atoms with van der Waals surface area (Å²) in [6, 6.07) is 16.0. The topological polar surface area (TPSA) is 30.7 Å². The number of hydrogen-bond acceptors (Lipinski definition) is 2. The van der Waals surface area contributed by atoms with Crippen LogP contribution in [0.25, 0.3) is 11.3 Å². The summed E-state index contributed by atoms with van der Waals surface area (Å²) in [7, 11) is 0. The molecular weight excluding hydrogens is 385 g/mol. The Labute approximate surface area is 135 Å². The lowest BCUT2D eigenvalue weighted by Crippen LogP contribution is -2.00. The molecule has 100 valence electrons. The highest BCUT2D eigenvalue weighted by atomic mass is 127. The van der Waals surface area contributed by atoms with Crippen LogP contribution in [-0.4, -0.2) is 15.0 Å². The van der Waals surface area contributed by atoms with E-state index in [9.17, 15) is 0 Å². The molecule has 0 aliphatic rings. The summed E-state index contributed by atoms with van der Waals surface area (Å²) in [5.74, 6) is 0. The molecule has 5 heteroatoms. The smallest absolute Gasteiger partial charge is 0.113 e. The van der Waals surface area contributed by atoms with Crippen molar-refractivity contribution in [2.75, 3.05) is 0 Å². The zero-order valence-electron chi connectivity index (χ0n) is 10.5. The van der Waals surface area contributed by atoms with Crippen molar-refractivity contribution in [3.63, 3.8) is 0 Å². The van der Waals surface area contributed by atoms with Crippen molar-refractivity contribution in [2.45, 2.75) is 6.54 Å². The van der Waals surface area contributed by atoms with Crippen LogP contribution in [0.1, 0.15) is 5.56 Å². The number of aromatic nitrogens is 3. The van der Waals surface area contributed by atoms with Crippen molar-refractivity contribution in [1.82, 2.24) is 15.0 Å². The lowest BCUT2D eigenvalue weighted by atomic mass is 10.2. The average Bonchev–Trinajstić information content (AvgIpc) is 2.91. The zero-order chi connectivity index (χ0) is 13.9. The third-order valence-corrected chi connectivity index (χ3v) is 3.91. The van der Waals surface area contributed by atoms with Crippen LogP contribution < -0.4 is 0 Å². The SMILES string of the molecule is Clc1ccc(-c2cn(Cc3ccc(I)cc3)nn2)cc1. The normalized spacial score (nSPS) is 10.7. The Bertz CT molecular complexity index is 705. The molecule has 0 saturated heterocycles. The number of halogens is 2. The molecule has 3 nitrogen and oxygen atoms in total. The van der Waals surface area contributed by atoms with Gasteiger partial charge in [-0.2, -0.15) is 0 Å². The maximum atomic E-state index is 5.88. The van der Waals surface area contributed by atoms with E-state index >= 15 is 0 Å². The molecule has 0 saturated carbocycles. The van der Waals surface area contributed by atoms with Crippen molar-refractivity contribution in [3.05, 3.63) is 68.9 Å². The first-order chi connectivity index (χ1) is 9.70. The van der Waals surface area contributed by atoms with Crippen LogP contribution in [0, 0.1) is 3.57 Å². The Kier molecular flexibility index (Phi) is 4.03. The molecule has 20 heavy (non-hydrogen) atoms. The fourth-order valence-corrected chi connectivity index (χ4v) is 2.39. The van der Waals surface area contributed by atoms with Gasteiger partial charge in [-0.1, -0.05) is 41.1 Å². The highest BCUT2D eigenvalue weighted by Crippen LogP contribution is 2.19. The minimum absolute atomic E-state index is 0.720. The molecule has 1 heterocycles. The van der Waals surface area contributed by atoms with Gasteiger partial charge in [-0.25, -0.2) is 4.68 Å². The van der Waals surface area contributed by atoms with Gasteiger partial charge in [0, 0.05) is 14.2 Å². The molecule has 0 spiro atoms. The Hall–Kier alpha value is -1.40. The molecular formula is C15H11ClIN3. The molecule has 0 bridgehead atoms. The Morgan fingerprint density at radius 3 is 2.40 bits per heavy atom. The molecule has 3 aromatic rings. The third kappa shape index (κ3) is 3.19. The molecule has 3 rings (SSSR count). The van der Waals surface area contributed by atoms with Crippen LogP contribution in [0.2, 0.25) is 5.02 Å². The van der Waals surface area contributed by atoms with Gasteiger partial charge in [-0.3, -0.25) is 0 Å². The summed E-state index contributed by atoms with van der Waals surface area (Å²) in [5.41, 5.74) is 3.08. The second-order valence-electron chi connectivity index (χ2n) is 4.43. The van der Waals surface area contributed by atoms with E-state index in [1.54, 1.807) is 0 Å². The van der Waals surface area contributed by atoms with Gasteiger partial charge in [0.25, 0.3) is 0 Å². The maximum Gasteiger partial charge on any atom is 0.113 e. The second kappa shape index (κ2) is 5.93. The summed E-state index contributed by atoms with van der Waals surface area (Å²) in [6.45, 7) is 0.720. The van der Waals surface area contributed by atoms with E-state index in [2.05, 4.69) is 57.2 Å². The predicted octanol–water partition coefficient (Wildman–Crippen LogP) is 4.25. The van der Waals surface area contributed by atoms with Crippen LogP contribution >= 0.6 is 34.2 Å². The number of benzene rings is 2. The van der Waals surface area contributed by atoms with E-state index in [-0.39, 0.29) is 0 Å². The number of hydrogen-bond donors (Lipinski definition) is 0. The zero-order valence-corrected chi connectivity index (χ0v) is 13.4. The molecule has 0 radical (unpaired) electrons. The van der Waals surface area contributed by atoms with E-state index in [0.29, 0.717) is 0 Å². The highest BCUT2D eigenvalue weighted by molar-refractivity contribution is 14.1. The third-order valence-electron chi connectivity index (χ3n) is 2.94. The van der Waals surface area contributed by atoms with Crippen molar-refractivity contribution in [3.8, 4) is 11.3 Å². The van der Waals surface area contributed by atoms with Crippen molar-refractivity contribution in [2.24, 2.45) is 0 Å². The standard InChI is InChI=1S/C15H11ClIN3/c16-13-5-3-12(4-6-13)15-10-20(19-18-15)9-11-1-7-14(17)8-2-11/h1-8,10H,9H2. The highest BCUT2D eigenvalue weighted by Gasteiger charge is 2.04. The molecule has 0 unspecified atom stereocenters. The minimum atomic E-state index is 0.720. The minimum Gasteiger partial charge on any atom is -0.247 e. The van der Waals surface area contributed by atoms with Crippen molar-refractivity contribution >= 4 is 34.2 Å². The summed E-state index contributed by atoms with van der Waals surface area (Å²) < 4.78 is 3.07. The van der Waals surface area contributed by atoms with E-state index in [1.807, 2.05) is 35.1 Å². The van der Waals surface area contributed by atoms with E-state index in [4.69, 9.17) is 11.6 Å².